The van der Waals surface area contributed by atoms with Crippen molar-refractivity contribution in [1.82, 2.24) is 14.5 Å². The van der Waals surface area contributed by atoms with Crippen LogP contribution < -0.4 is 0 Å². The van der Waals surface area contributed by atoms with E-state index in [2.05, 4.69) is 151 Å². The number of nitrogens with zero attached hydrogens (tertiary/aromatic N) is 3. The predicted molar refractivity (Wildman–Crippen MR) is 213 cm³/mol. The number of benzene rings is 6. The Labute approximate surface area is 324 Å². The number of pyridine rings is 1. The van der Waals surface area contributed by atoms with Gasteiger partial charge in [-0.15, -0.1) is 35.9 Å². The monoisotopic (exact) mass is 864 g/mol. The molecule has 0 aliphatic heterocycles. The van der Waals surface area contributed by atoms with Crippen LogP contribution >= 0.6 is 0 Å². The van der Waals surface area contributed by atoms with Gasteiger partial charge in [-0.3, -0.25) is 4.98 Å². The van der Waals surface area contributed by atoms with Gasteiger partial charge in [0.1, 0.15) is 0 Å². The van der Waals surface area contributed by atoms with Gasteiger partial charge in [-0.05, 0) is 47.4 Å². The van der Waals surface area contributed by atoms with E-state index in [0.29, 0.717) is 5.92 Å². The van der Waals surface area contributed by atoms with Crippen LogP contribution in [0.5, 0.6) is 0 Å². The Bertz CT molecular complexity index is 2460. The molecule has 261 valence electrons. The number of furan rings is 1. The van der Waals surface area contributed by atoms with Crippen molar-refractivity contribution < 1.29 is 24.5 Å². The Kier molecular flexibility index (Phi) is 10.9. The summed E-state index contributed by atoms with van der Waals surface area (Å²) in [6.45, 7) is 4.50. The third-order valence-corrected chi connectivity index (χ3v) is 9.08. The molecule has 0 saturated carbocycles. The first-order valence-corrected chi connectivity index (χ1v) is 17.7. The molecule has 0 saturated heterocycles. The summed E-state index contributed by atoms with van der Waals surface area (Å²) in [6.07, 6.45) is 6.04. The van der Waals surface area contributed by atoms with Crippen LogP contribution in [0.15, 0.2) is 174 Å². The molecule has 0 spiro atoms. The zero-order valence-corrected chi connectivity index (χ0v) is 31.9. The quantitative estimate of drug-likeness (QED) is 0.150. The van der Waals surface area contributed by atoms with E-state index in [0.717, 1.165) is 79.0 Å². The summed E-state index contributed by atoms with van der Waals surface area (Å²) in [6, 6.07) is 59.3. The molecule has 0 aliphatic carbocycles. The van der Waals surface area contributed by atoms with Crippen molar-refractivity contribution in [3.63, 3.8) is 0 Å². The largest absolute Gasteiger partial charge is 0.557 e. The molecular weight excluding hydrogens is 827 g/mol. The molecule has 3 aromatic heterocycles. The van der Waals surface area contributed by atoms with Crippen molar-refractivity contribution in [2.24, 2.45) is 5.92 Å². The van der Waals surface area contributed by atoms with Crippen LogP contribution in [0.1, 0.15) is 19.4 Å². The molecule has 1 radical (unpaired) electrons. The molecule has 4 nitrogen and oxygen atoms in total. The van der Waals surface area contributed by atoms with Gasteiger partial charge in [0.25, 0.3) is 0 Å². The number of hydrogen-bond donors (Lipinski definition) is 0. The van der Waals surface area contributed by atoms with E-state index in [4.69, 9.17) is 9.40 Å². The van der Waals surface area contributed by atoms with Gasteiger partial charge in [-0.2, -0.15) is 0 Å². The number of aromatic nitrogens is 3. The van der Waals surface area contributed by atoms with Gasteiger partial charge >= 0.3 is 0 Å². The van der Waals surface area contributed by atoms with Crippen LogP contribution in [-0.2, 0) is 26.5 Å². The fourth-order valence-corrected chi connectivity index (χ4v) is 6.77. The minimum absolute atomic E-state index is 0. The molecule has 6 aromatic carbocycles. The Hall–Kier alpha value is -5.87. The summed E-state index contributed by atoms with van der Waals surface area (Å²) in [5.74, 6) is 1.38. The molecule has 0 aliphatic rings. The van der Waals surface area contributed by atoms with E-state index >= 15 is 0 Å². The van der Waals surface area contributed by atoms with Crippen LogP contribution in [0.4, 0.5) is 0 Å². The van der Waals surface area contributed by atoms with Gasteiger partial charge in [0.2, 0.25) is 0 Å². The maximum Gasteiger partial charge on any atom is 0.0774 e. The zero-order chi connectivity index (χ0) is 35.3. The predicted octanol–water partition coefficient (Wildman–Crippen LogP) is 12.3. The van der Waals surface area contributed by atoms with Crippen molar-refractivity contribution in [3.8, 4) is 50.6 Å². The zero-order valence-electron chi connectivity index (χ0n) is 29.5. The molecule has 9 aromatic rings. The number of rotatable bonds is 7. The number of fused-ring (bicyclic) bond motifs is 2. The number of hydrogen-bond acceptors (Lipinski definition) is 3. The van der Waals surface area contributed by atoms with E-state index in [1.807, 2.05) is 48.5 Å². The second-order valence-electron chi connectivity index (χ2n) is 13.2. The van der Waals surface area contributed by atoms with E-state index in [1.165, 1.54) is 5.56 Å². The Balaban J connectivity index is 0.000000284. The number of imidazole rings is 1. The van der Waals surface area contributed by atoms with Crippen LogP contribution in [0, 0.1) is 18.2 Å². The topological polar surface area (TPSA) is 43.9 Å². The molecule has 53 heavy (non-hydrogen) atoms. The third kappa shape index (κ3) is 7.54. The van der Waals surface area contributed by atoms with Gasteiger partial charge in [0.15, 0.2) is 0 Å². The molecule has 0 atom stereocenters. The Morgan fingerprint density at radius 1 is 0.679 bits per heavy atom. The van der Waals surface area contributed by atoms with Crippen molar-refractivity contribution in [3.05, 3.63) is 188 Å². The molecule has 3 heterocycles. The first-order valence-electron chi connectivity index (χ1n) is 17.7. The van der Waals surface area contributed by atoms with E-state index < -0.39 is 0 Å². The van der Waals surface area contributed by atoms with Crippen LogP contribution in [-0.4, -0.2) is 14.5 Å². The summed E-state index contributed by atoms with van der Waals surface area (Å²) in [5.41, 5.74) is 12.6. The molecule has 0 amide bonds. The van der Waals surface area contributed by atoms with Crippen LogP contribution in [0.2, 0.25) is 0 Å². The molecule has 0 bridgehead atoms. The smallest absolute Gasteiger partial charge is 0.0774 e. The van der Waals surface area contributed by atoms with Crippen molar-refractivity contribution in [2.45, 2.75) is 20.3 Å². The fraction of sp³-hybridized carbons (Fsp3) is 0.0833. The Morgan fingerprint density at radius 2 is 1.36 bits per heavy atom. The fourth-order valence-electron chi connectivity index (χ4n) is 6.77. The average Bonchev–Trinajstić information content (AvgIpc) is 3.80. The standard InChI is InChI=1S/C37H29N2O.C11H8N.Ir/c1-25(2)22-26-20-21-35-31(23-26)32(24-40-35)37-38-33-18-9-10-19-34(33)39(37)36-29(27-12-5-3-6-13-27)16-11-17-30(36)28-14-7-4-8-15-28;1-2-6-10(7-3-1)11-8-4-5-9-12-11;/h3-21,23,25H,22H2,1-2H3;1-6,8-9H;/q2*-1;. The van der Waals surface area contributed by atoms with Crippen LogP contribution in [0.3, 0.4) is 0 Å². The van der Waals surface area contributed by atoms with Crippen molar-refractivity contribution >= 4 is 22.0 Å². The van der Waals surface area contributed by atoms with Gasteiger partial charge in [-0.1, -0.05) is 152 Å². The third-order valence-electron chi connectivity index (χ3n) is 9.08. The number of para-hydroxylation sites is 3. The molecule has 5 heteroatoms. The molecular formula is C48H37IrN3O-2. The summed E-state index contributed by atoms with van der Waals surface area (Å²) in [7, 11) is 0. The minimum Gasteiger partial charge on any atom is -0.557 e. The summed E-state index contributed by atoms with van der Waals surface area (Å²) in [5, 5.41) is 1.04. The Morgan fingerprint density at radius 3 is 2.02 bits per heavy atom. The SMILES string of the molecule is CC(C)Cc1ccc2o[c-]c(-c3nc4ccccc4n3-c3c(-c4ccccc4)cccc3-c3ccccc3)c2c1.[Ir].[c-]1ccccc1-c1ccccn1. The van der Waals surface area contributed by atoms with Gasteiger partial charge in [-0.25, -0.2) is 0 Å². The van der Waals surface area contributed by atoms with E-state index in [9.17, 15) is 0 Å². The maximum atomic E-state index is 6.00. The maximum absolute atomic E-state index is 6.00. The van der Waals surface area contributed by atoms with E-state index in [-0.39, 0.29) is 20.1 Å². The first kappa shape index (κ1) is 35.5. The van der Waals surface area contributed by atoms with Gasteiger partial charge in [0.05, 0.1) is 22.5 Å². The first-order chi connectivity index (χ1) is 25.6. The second kappa shape index (κ2) is 16.2. The second-order valence-corrected chi connectivity index (χ2v) is 13.2. The molecule has 0 fully saturated rings. The van der Waals surface area contributed by atoms with Crippen molar-refractivity contribution in [1.29, 1.82) is 0 Å². The summed E-state index contributed by atoms with van der Waals surface area (Å²) in [4.78, 5) is 9.43. The molecule has 0 N–H and O–H groups in total. The molecule has 9 rings (SSSR count). The minimum atomic E-state index is 0. The van der Waals surface area contributed by atoms with E-state index in [1.54, 1.807) is 6.20 Å². The van der Waals surface area contributed by atoms with Crippen LogP contribution in [0.25, 0.3) is 72.6 Å². The van der Waals surface area contributed by atoms with Gasteiger partial charge < -0.3 is 14.0 Å². The summed E-state index contributed by atoms with van der Waals surface area (Å²) >= 11 is 0. The normalized spacial score (nSPS) is 10.9. The average molecular weight is 864 g/mol. The van der Waals surface area contributed by atoms with Crippen molar-refractivity contribution in [2.75, 3.05) is 0 Å². The van der Waals surface area contributed by atoms with Gasteiger partial charge in [0, 0.05) is 49.3 Å². The molecule has 0 unspecified atom stereocenters. The summed E-state index contributed by atoms with van der Waals surface area (Å²) < 4.78 is 8.30.